The van der Waals surface area contributed by atoms with E-state index >= 15 is 0 Å². The fourth-order valence-electron chi connectivity index (χ4n) is 3.33. The summed E-state index contributed by atoms with van der Waals surface area (Å²) in [6, 6.07) is 23.2. The molecule has 0 saturated carbocycles. The standard InChI is InChI=1S/C26H19F3/c1-16-3-5-18(6-4-16)19-7-9-20(10-8-19)21-11-12-23(26(29)13-21)22-14-24(27)17(2)25(28)15-22/h3-15H,1-2H3. The maximum Gasteiger partial charge on any atom is 0.131 e. The third-order valence-corrected chi connectivity index (χ3v) is 5.16. The molecule has 144 valence electrons. The van der Waals surface area contributed by atoms with E-state index in [1.807, 2.05) is 31.2 Å². The second-order valence-electron chi connectivity index (χ2n) is 7.20. The second kappa shape index (κ2) is 7.59. The Hall–Kier alpha value is -3.33. The van der Waals surface area contributed by atoms with Crippen LogP contribution in [0.5, 0.6) is 0 Å². The van der Waals surface area contributed by atoms with Crippen LogP contribution < -0.4 is 0 Å². The van der Waals surface area contributed by atoms with Crippen LogP contribution >= 0.6 is 0 Å². The van der Waals surface area contributed by atoms with Crippen molar-refractivity contribution in [3.63, 3.8) is 0 Å². The molecule has 0 spiro atoms. The zero-order valence-electron chi connectivity index (χ0n) is 16.1. The first-order valence-electron chi connectivity index (χ1n) is 9.35. The number of aryl methyl sites for hydroxylation is 1. The Morgan fingerprint density at radius 1 is 0.448 bits per heavy atom. The van der Waals surface area contributed by atoms with E-state index in [4.69, 9.17) is 0 Å². The maximum absolute atomic E-state index is 14.7. The van der Waals surface area contributed by atoms with Gasteiger partial charge in [0, 0.05) is 11.1 Å². The zero-order valence-corrected chi connectivity index (χ0v) is 16.1. The molecule has 4 aromatic rings. The summed E-state index contributed by atoms with van der Waals surface area (Å²) in [5.74, 6) is -1.89. The number of hydrogen-bond donors (Lipinski definition) is 0. The SMILES string of the molecule is Cc1ccc(-c2ccc(-c3ccc(-c4cc(F)c(C)c(F)c4)c(F)c3)cc2)cc1. The van der Waals surface area contributed by atoms with Gasteiger partial charge in [-0.25, -0.2) is 13.2 Å². The first-order valence-corrected chi connectivity index (χ1v) is 9.35. The van der Waals surface area contributed by atoms with Crippen molar-refractivity contribution in [1.82, 2.24) is 0 Å². The first-order chi connectivity index (χ1) is 13.9. The van der Waals surface area contributed by atoms with E-state index in [-0.39, 0.29) is 16.7 Å². The molecule has 0 aliphatic carbocycles. The van der Waals surface area contributed by atoms with Crippen molar-refractivity contribution in [1.29, 1.82) is 0 Å². The van der Waals surface area contributed by atoms with Gasteiger partial charge in [0.25, 0.3) is 0 Å². The predicted octanol–water partition coefficient (Wildman–Crippen LogP) is 7.72. The lowest BCUT2D eigenvalue weighted by molar-refractivity contribution is 0.568. The molecular formula is C26H19F3. The van der Waals surface area contributed by atoms with Gasteiger partial charge in [-0.15, -0.1) is 0 Å². The van der Waals surface area contributed by atoms with Gasteiger partial charge in [-0.05, 0) is 59.9 Å². The van der Waals surface area contributed by atoms with E-state index in [1.54, 1.807) is 12.1 Å². The lowest BCUT2D eigenvalue weighted by atomic mass is 9.97. The number of benzene rings is 4. The van der Waals surface area contributed by atoms with Crippen LogP contribution in [0.15, 0.2) is 78.9 Å². The van der Waals surface area contributed by atoms with E-state index in [0.717, 1.165) is 28.8 Å². The average Bonchev–Trinajstić information content (AvgIpc) is 2.72. The largest absolute Gasteiger partial charge is 0.207 e. The van der Waals surface area contributed by atoms with E-state index in [9.17, 15) is 13.2 Å². The van der Waals surface area contributed by atoms with Crippen molar-refractivity contribution >= 4 is 0 Å². The smallest absolute Gasteiger partial charge is 0.131 e. The highest BCUT2D eigenvalue weighted by molar-refractivity contribution is 5.74. The average molecular weight is 388 g/mol. The molecule has 29 heavy (non-hydrogen) atoms. The Kier molecular flexibility index (Phi) is 4.98. The monoisotopic (exact) mass is 388 g/mol. The van der Waals surface area contributed by atoms with Gasteiger partial charge in [-0.3, -0.25) is 0 Å². The van der Waals surface area contributed by atoms with Gasteiger partial charge in [-0.1, -0.05) is 66.2 Å². The van der Waals surface area contributed by atoms with Gasteiger partial charge >= 0.3 is 0 Å². The molecule has 3 heteroatoms. The maximum atomic E-state index is 14.7. The Labute approximate surface area is 168 Å². The van der Waals surface area contributed by atoms with E-state index in [2.05, 4.69) is 24.3 Å². The molecule has 0 atom stereocenters. The Bertz CT molecular complexity index is 1150. The van der Waals surface area contributed by atoms with Gasteiger partial charge < -0.3 is 0 Å². The minimum Gasteiger partial charge on any atom is -0.207 e. The molecule has 0 saturated heterocycles. The van der Waals surface area contributed by atoms with Gasteiger partial charge in [0.05, 0.1) is 0 Å². The van der Waals surface area contributed by atoms with Gasteiger partial charge in [-0.2, -0.15) is 0 Å². The zero-order chi connectivity index (χ0) is 20.5. The highest BCUT2D eigenvalue weighted by atomic mass is 19.1. The van der Waals surface area contributed by atoms with Gasteiger partial charge in [0.1, 0.15) is 17.5 Å². The fraction of sp³-hybridized carbons (Fsp3) is 0.0769. The molecular weight excluding hydrogens is 369 g/mol. The highest BCUT2D eigenvalue weighted by Gasteiger charge is 2.12. The number of halogens is 3. The quantitative estimate of drug-likeness (QED) is 0.337. The highest BCUT2D eigenvalue weighted by Crippen LogP contribution is 2.31. The fourth-order valence-corrected chi connectivity index (χ4v) is 3.33. The molecule has 0 radical (unpaired) electrons. The van der Waals surface area contributed by atoms with Crippen LogP contribution in [0.1, 0.15) is 11.1 Å². The van der Waals surface area contributed by atoms with Crippen LogP contribution in [0.2, 0.25) is 0 Å². The molecule has 0 aliphatic rings. The van der Waals surface area contributed by atoms with Crippen LogP contribution in [0.25, 0.3) is 33.4 Å². The topological polar surface area (TPSA) is 0 Å². The molecule has 4 aromatic carbocycles. The number of rotatable bonds is 3. The normalized spacial score (nSPS) is 10.9. The van der Waals surface area contributed by atoms with Crippen LogP contribution in [0, 0.1) is 31.3 Å². The summed E-state index contributed by atoms with van der Waals surface area (Å²) in [6.45, 7) is 3.40. The summed E-state index contributed by atoms with van der Waals surface area (Å²) in [5, 5.41) is 0. The van der Waals surface area contributed by atoms with Crippen LogP contribution in [0.4, 0.5) is 13.2 Å². The predicted molar refractivity (Wildman–Crippen MR) is 112 cm³/mol. The third kappa shape index (κ3) is 3.81. The molecule has 4 rings (SSSR count). The molecule has 0 fully saturated rings. The van der Waals surface area contributed by atoms with Crippen molar-refractivity contribution in [3.8, 4) is 33.4 Å². The lowest BCUT2D eigenvalue weighted by Crippen LogP contribution is -1.93. The Morgan fingerprint density at radius 2 is 0.862 bits per heavy atom. The number of hydrogen-bond acceptors (Lipinski definition) is 0. The molecule has 0 amide bonds. The molecule has 0 heterocycles. The lowest BCUT2D eigenvalue weighted by Gasteiger charge is -2.10. The van der Waals surface area contributed by atoms with E-state index in [1.165, 1.54) is 18.6 Å². The van der Waals surface area contributed by atoms with Crippen molar-refractivity contribution < 1.29 is 13.2 Å². The van der Waals surface area contributed by atoms with Crippen LogP contribution in [-0.4, -0.2) is 0 Å². The summed E-state index contributed by atoms with van der Waals surface area (Å²) in [4.78, 5) is 0. The molecule has 0 unspecified atom stereocenters. The van der Waals surface area contributed by atoms with Crippen LogP contribution in [0.3, 0.4) is 0 Å². The van der Waals surface area contributed by atoms with Crippen molar-refractivity contribution in [2.45, 2.75) is 13.8 Å². The second-order valence-corrected chi connectivity index (χ2v) is 7.20. The molecule has 0 aliphatic heterocycles. The minimum atomic E-state index is -0.685. The third-order valence-electron chi connectivity index (χ3n) is 5.16. The summed E-state index contributed by atoms with van der Waals surface area (Å²) >= 11 is 0. The van der Waals surface area contributed by atoms with Crippen molar-refractivity contribution in [3.05, 3.63) is 107 Å². The van der Waals surface area contributed by atoms with E-state index in [0.29, 0.717) is 5.56 Å². The van der Waals surface area contributed by atoms with Crippen LogP contribution in [-0.2, 0) is 0 Å². The Balaban J connectivity index is 1.65. The summed E-state index contributed by atoms with van der Waals surface area (Å²) in [7, 11) is 0. The summed E-state index contributed by atoms with van der Waals surface area (Å²) in [5.41, 5.74) is 5.26. The molecule has 0 N–H and O–H groups in total. The van der Waals surface area contributed by atoms with Crippen molar-refractivity contribution in [2.24, 2.45) is 0 Å². The summed E-state index contributed by atoms with van der Waals surface area (Å²) < 4.78 is 42.4. The Morgan fingerprint density at radius 3 is 1.38 bits per heavy atom. The summed E-state index contributed by atoms with van der Waals surface area (Å²) in [6.07, 6.45) is 0. The molecule has 0 nitrogen and oxygen atoms in total. The van der Waals surface area contributed by atoms with Crippen molar-refractivity contribution in [2.75, 3.05) is 0 Å². The van der Waals surface area contributed by atoms with Gasteiger partial charge in [0.2, 0.25) is 0 Å². The first kappa shape index (κ1) is 19.0. The molecule has 0 bridgehead atoms. The van der Waals surface area contributed by atoms with E-state index < -0.39 is 17.5 Å². The molecule has 0 aromatic heterocycles. The van der Waals surface area contributed by atoms with Gasteiger partial charge in [0.15, 0.2) is 0 Å². The minimum absolute atomic E-state index is 0.0700.